The summed E-state index contributed by atoms with van der Waals surface area (Å²) in [6, 6.07) is 22.0. The van der Waals surface area contributed by atoms with E-state index in [0.29, 0.717) is 47.6 Å². The van der Waals surface area contributed by atoms with E-state index in [9.17, 15) is 4.79 Å². The number of halogens is 1. The summed E-state index contributed by atoms with van der Waals surface area (Å²) in [6.07, 6.45) is 1.70. The number of carbonyl (C=O) groups is 1. The van der Waals surface area contributed by atoms with E-state index in [1.165, 1.54) is 0 Å². The molecule has 0 aromatic heterocycles. The van der Waals surface area contributed by atoms with Crippen LogP contribution >= 0.6 is 11.6 Å². The predicted octanol–water partition coefficient (Wildman–Crippen LogP) is 4.76. The van der Waals surface area contributed by atoms with Crippen molar-refractivity contribution in [2.45, 2.75) is 31.0 Å². The van der Waals surface area contributed by atoms with Gasteiger partial charge in [-0.3, -0.25) is 10.2 Å². The zero-order valence-electron chi connectivity index (χ0n) is 21.7. The van der Waals surface area contributed by atoms with Gasteiger partial charge >= 0.3 is 0 Å². The van der Waals surface area contributed by atoms with Crippen molar-refractivity contribution in [3.63, 3.8) is 0 Å². The Kier molecular flexibility index (Phi) is 9.59. The van der Waals surface area contributed by atoms with Crippen LogP contribution in [-0.2, 0) is 16.1 Å². The molecule has 0 spiro atoms. The number of ether oxygens (including phenoxy) is 3. The van der Waals surface area contributed by atoms with Crippen molar-refractivity contribution in [1.29, 1.82) is 0 Å². The molecule has 3 N–H and O–H groups in total. The summed E-state index contributed by atoms with van der Waals surface area (Å²) in [5.74, 6) is 1.27. The maximum atomic E-state index is 13.8. The van der Waals surface area contributed by atoms with Crippen LogP contribution in [0.5, 0.6) is 11.5 Å². The summed E-state index contributed by atoms with van der Waals surface area (Å²) >= 11 is 6.09. The second-order valence-electron chi connectivity index (χ2n) is 9.00. The van der Waals surface area contributed by atoms with Gasteiger partial charge < -0.3 is 19.3 Å². The van der Waals surface area contributed by atoms with Gasteiger partial charge in [-0.1, -0.05) is 41.9 Å². The van der Waals surface area contributed by atoms with Gasteiger partial charge in [0.25, 0.3) is 5.91 Å². The summed E-state index contributed by atoms with van der Waals surface area (Å²) in [7, 11) is 1.59. The van der Waals surface area contributed by atoms with Gasteiger partial charge in [0.15, 0.2) is 11.6 Å². The monoisotopic (exact) mass is 549 g/mol. The third-order valence-electron chi connectivity index (χ3n) is 6.27. The molecule has 3 aromatic rings. The van der Waals surface area contributed by atoms with Crippen molar-refractivity contribution in [1.82, 2.24) is 10.9 Å². The average Bonchev–Trinajstić information content (AvgIpc) is 3.34. The number of aliphatic imine (C=N–C) groups is 1. The largest absolute Gasteiger partial charge is 0.497 e. The predicted molar refractivity (Wildman–Crippen MR) is 151 cm³/mol. The third kappa shape index (κ3) is 6.78. The van der Waals surface area contributed by atoms with Crippen molar-refractivity contribution in [3.05, 3.63) is 107 Å². The maximum Gasteiger partial charge on any atom is 0.266 e. The third-order valence-corrected chi connectivity index (χ3v) is 6.50. The Balaban J connectivity index is 1.63. The molecule has 204 valence electrons. The van der Waals surface area contributed by atoms with Gasteiger partial charge in [-0.15, -0.1) is 6.58 Å². The van der Waals surface area contributed by atoms with E-state index in [4.69, 9.17) is 35.9 Å². The second kappa shape index (κ2) is 13.3. The Bertz CT molecular complexity index is 1310. The van der Waals surface area contributed by atoms with Crippen LogP contribution in [0.15, 0.2) is 90.4 Å². The first-order chi connectivity index (χ1) is 19.0. The number of nitrogens with one attached hydrogen (secondary N) is 2. The fourth-order valence-electron chi connectivity index (χ4n) is 4.32. The number of hydrogen-bond donors (Lipinski definition) is 3. The van der Waals surface area contributed by atoms with E-state index < -0.39 is 11.6 Å². The molecule has 0 bridgehead atoms. The van der Waals surface area contributed by atoms with Crippen LogP contribution < -0.4 is 20.3 Å². The van der Waals surface area contributed by atoms with E-state index in [0.717, 1.165) is 11.1 Å². The summed E-state index contributed by atoms with van der Waals surface area (Å²) in [6.45, 7) is 4.75. The zero-order valence-corrected chi connectivity index (χ0v) is 22.5. The van der Waals surface area contributed by atoms with Gasteiger partial charge in [-0.05, 0) is 59.7 Å². The minimum absolute atomic E-state index is 0.0653. The van der Waals surface area contributed by atoms with Crippen LogP contribution in [0.4, 0.5) is 0 Å². The molecule has 39 heavy (non-hydrogen) atoms. The standard InChI is InChI=1S/C30H32ClN3O5/c1-3-15-30(29(36)34-32-20-21-7-4-9-24(31)18-21)27(23-8-5-10-26(19-23)37-2)39-28(33-30)22-11-13-25(14-12-22)38-17-6-16-35/h3-5,7-14,18-19,27,32,35H,1,6,15-17,20H2,2H3,(H,34,36)/t27-,30-/m0/s1. The smallest absolute Gasteiger partial charge is 0.266 e. The molecular formula is C30H32ClN3O5. The second-order valence-corrected chi connectivity index (χ2v) is 9.43. The van der Waals surface area contributed by atoms with E-state index >= 15 is 0 Å². The van der Waals surface area contributed by atoms with Crippen LogP contribution in [0.25, 0.3) is 0 Å². The maximum absolute atomic E-state index is 13.8. The summed E-state index contributed by atoms with van der Waals surface area (Å²) in [5, 5.41) is 9.59. The first kappa shape index (κ1) is 28.2. The van der Waals surface area contributed by atoms with Crippen LogP contribution in [0.1, 0.15) is 35.6 Å². The van der Waals surface area contributed by atoms with Gasteiger partial charge in [0.1, 0.15) is 11.5 Å². The van der Waals surface area contributed by atoms with Gasteiger partial charge in [0.05, 0.1) is 13.7 Å². The zero-order chi connectivity index (χ0) is 27.7. The summed E-state index contributed by atoms with van der Waals surface area (Å²) in [4.78, 5) is 18.7. The molecular weight excluding hydrogens is 518 g/mol. The Labute approximate surface area is 233 Å². The minimum Gasteiger partial charge on any atom is -0.497 e. The molecule has 3 aromatic carbocycles. The molecule has 0 saturated carbocycles. The molecule has 1 heterocycles. The number of nitrogens with zero attached hydrogens (tertiary/aromatic N) is 1. The van der Waals surface area contributed by atoms with Crippen molar-refractivity contribution >= 4 is 23.4 Å². The highest BCUT2D eigenvalue weighted by Gasteiger charge is 2.52. The quantitative estimate of drug-likeness (QED) is 0.161. The number of hydrazine groups is 1. The number of aliphatic hydroxyl groups excluding tert-OH is 1. The fourth-order valence-corrected chi connectivity index (χ4v) is 4.53. The Hall–Kier alpha value is -3.85. The van der Waals surface area contributed by atoms with Crippen LogP contribution in [0.2, 0.25) is 5.02 Å². The molecule has 0 unspecified atom stereocenters. The molecule has 0 radical (unpaired) electrons. The molecule has 0 aliphatic carbocycles. The highest BCUT2D eigenvalue weighted by atomic mass is 35.5. The van der Waals surface area contributed by atoms with E-state index in [1.54, 1.807) is 31.4 Å². The molecule has 0 fully saturated rings. The summed E-state index contributed by atoms with van der Waals surface area (Å²) in [5.41, 5.74) is 6.83. The molecule has 4 rings (SSSR count). The number of rotatable bonds is 13. The Morgan fingerprint density at radius 2 is 1.95 bits per heavy atom. The van der Waals surface area contributed by atoms with E-state index in [-0.39, 0.29) is 18.9 Å². The molecule has 1 amide bonds. The topological polar surface area (TPSA) is 101 Å². The number of carbonyl (C=O) groups excluding carboxylic acids is 1. The van der Waals surface area contributed by atoms with Crippen LogP contribution in [0.3, 0.4) is 0 Å². The van der Waals surface area contributed by atoms with E-state index in [2.05, 4.69) is 17.4 Å². The lowest BCUT2D eigenvalue weighted by Gasteiger charge is -2.29. The average molecular weight is 550 g/mol. The number of amides is 1. The molecule has 0 saturated heterocycles. The lowest BCUT2D eigenvalue weighted by molar-refractivity contribution is -0.129. The molecule has 2 atom stereocenters. The minimum atomic E-state index is -1.33. The van der Waals surface area contributed by atoms with Gasteiger partial charge in [0, 0.05) is 36.6 Å². The normalized spacial score (nSPS) is 18.1. The van der Waals surface area contributed by atoms with Crippen molar-refractivity contribution in [2.75, 3.05) is 20.3 Å². The first-order valence-electron chi connectivity index (χ1n) is 12.6. The van der Waals surface area contributed by atoms with Crippen molar-refractivity contribution in [3.8, 4) is 11.5 Å². The fraction of sp³-hybridized carbons (Fsp3) is 0.267. The van der Waals surface area contributed by atoms with Crippen molar-refractivity contribution < 1.29 is 24.1 Å². The lowest BCUT2D eigenvalue weighted by Crippen LogP contribution is -2.52. The van der Waals surface area contributed by atoms with Gasteiger partial charge in [0.2, 0.25) is 5.90 Å². The van der Waals surface area contributed by atoms with Gasteiger partial charge in [-0.25, -0.2) is 10.4 Å². The van der Waals surface area contributed by atoms with Crippen molar-refractivity contribution in [2.24, 2.45) is 4.99 Å². The highest BCUT2D eigenvalue weighted by molar-refractivity contribution is 6.30. The molecule has 1 aliphatic heterocycles. The Morgan fingerprint density at radius 3 is 2.67 bits per heavy atom. The summed E-state index contributed by atoms with van der Waals surface area (Å²) < 4.78 is 17.5. The van der Waals surface area contributed by atoms with Crippen LogP contribution in [0, 0.1) is 0 Å². The molecule has 9 heteroatoms. The SMILES string of the molecule is C=CC[C@]1(C(=O)NNCc2cccc(Cl)c2)N=C(c2ccc(OCCCO)cc2)O[C@H]1c1cccc(OC)c1. The number of benzene rings is 3. The molecule has 8 nitrogen and oxygen atoms in total. The highest BCUT2D eigenvalue weighted by Crippen LogP contribution is 2.43. The number of methoxy groups -OCH3 is 1. The first-order valence-corrected chi connectivity index (χ1v) is 13.0. The molecule has 1 aliphatic rings. The number of hydrogen-bond acceptors (Lipinski definition) is 7. The lowest BCUT2D eigenvalue weighted by atomic mass is 9.84. The van der Waals surface area contributed by atoms with E-state index in [1.807, 2.05) is 54.6 Å². The van der Waals surface area contributed by atoms with Gasteiger partial charge in [-0.2, -0.15) is 0 Å². The van der Waals surface area contributed by atoms with Crippen LogP contribution in [-0.4, -0.2) is 42.8 Å². The Morgan fingerprint density at radius 1 is 1.15 bits per heavy atom. The number of aliphatic hydroxyl groups is 1.